The molecule has 5 heteroatoms. The molecule has 2 N–H and O–H groups in total. The predicted octanol–water partition coefficient (Wildman–Crippen LogP) is 2.69. The summed E-state index contributed by atoms with van der Waals surface area (Å²) in [5, 5.41) is 6.42. The summed E-state index contributed by atoms with van der Waals surface area (Å²) in [6, 6.07) is 8.03. The Balaban J connectivity index is 1.63. The number of imidazole rings is 1. The Bertz CT molecular complexity index is 674. The number of carbonyl (C=O) groups is 1. The molecule has 0 bridgehead atoms. The highest BCUT2D eigenvalue weighted by atomic mass is 16.1. The Morgan fingerprint density at radius 3 is 3.17 bits per heavy atom. The highest BCUT2D eigenvalue weighted by molar-refractivity contribution is 5.94. The van der Waals surface area contributed by atoms with Crippen LogP contribution in [0.15, 0.2) is 36.7 Å². The van der Waals surface area contributed by atoms with Crippen LogP contribution >= 0.6 is 0 Å². The van der Waals surface area contributed by atoms with Crippen LogP contribution in [0.1, 0.15) is 53.8 Å². The zero-order valence-corrected chi connectivity index (χ0v) is 14.3. The topological polar surface area (TPSA) is 59.0 Å². The number of amides is 1. The molecule has 0 radical (unpaired) electrons. The summed E-state index contributed by atoms with van der Waals surface area (Å²) in [6.07, 6.45) is 7.18. The fraction of sp³-hybridized carbons (Fsp3) is 0.474. The van der Waals surface area contributed by atoms with E-state index in [1.165, 1.54) is 18.4 Å². The lowest BCUT2D eigenvalue weighted by Crippen LogP contribution is -2.29. The first-order valence-electron chi connectivity index (χ1n) is 8.87. The van der Waals surface area contributed by atoms with Crippen LogP contribution in [0.5, 0.6) is 0 Å². The van der Waals surface area contributed by atoms with Crippen LogP contribution in [0.25, 0.3) is 0 Å². The van der Waals surface area contributed by atoms with Crippen LogP contribution in [-0.2, 0) is 13.1 Å². The van der Waals surface area contributed by atoms with Crippen LogP contribution in [0, 0.1) is 0 Å². The molecule has 0 aliphatic carbocycles. The van der Waals surface area contributed by atoms with Gasteiger partial charge in [0.05, 0.1) is 6.54 Å². The lowest BCUT2D eigenvalue weighted by atomic mass is 9.90. The van der Waals surface area contributed by atoms with Crippen molar-refractivity contribution < 1.29 is 4.79 Å². The van der Waals surface area contributed by atoms with E-state index in [1.807, 2.05) is 24.4 Å². The molecule has 1 saturated heterocycles. The molecule has 24 heavy (non-hydrogen) atoms. The van der Waals surface area contributed by atoms with Crippen molar-refractivity contribution in [3.63, 3.8) is 0 Å². The summed E-state index contributed by atoms with van der Waals surface area (Å²) in [4.78, 5) is 16.8. The minimum atomic E-state index is -0.0355. The monoisotopic (exact) mass is 326 g/mol. The molecule has 1 fully saturated rings. The maximum atomic E-state index is 12.5. The number of rotatable bonds is 6. The average Bonchev–Trinajstić information content (AvgIpc) is 3.08. The molecule has 1 aliphatic heterocycles. The van der Waals surface area contributed by atoms with Crippen LogP contribution in [-0.4, -0.2) is 28.5 Å². The van der Waals surface area contributed by atoms with E-state index in [9.17, 15) is 4.79 Å². The van der Waals surface area contributed by atoms with Gasteiger partial charge in [0, 0.05) is 31.0 Å². The van der Waals surface area contributed by atoms with Gasteiger partial charge < -0.3 is 15.2 Å². The van der Waals surface area contributed by atoms with Gasteiger partial charge in [-0.25, -0.2) is 4.98 Å². The predicted molar refractivity (Wildman–Crippen MR) is 95.0 cm³/mol. The van der Waals surface area contributed by atoms with Gasteiger partial charge in [0.2, 0.25) is 0 Å². The Labute approximate surface area is 143 Å². The molecular formula is C19H26N4O. The van der Waals surface area contributed by atoms with E-state index < -0.39 is 0 Å². The van der Waals surface area contributed by atoms with Gasteiger partial charge in [-0.05, 0) is 49.4 Å². The lowest BCUT2D eigenvalue weighted by molar-refractivity contribution is 0.0949. The lowest BCUT2D eigenvalue weighted by Gasteiger charge is -2.23. The number of hydrogen-bond donors (Lipinski definition) is 2. The molecule has 0 unspecified atom stereocenters. The van der Waals surface area contributed by atoms with Crippen LogP contribution in [0.2, 0.25) is 0 Å². The first-order chi connectivity index (χ1) is 11.8. The average molecular weight is 326 g/mol. The number of benzene rings is 1. The third kappa shape index (κ3) is 4.03. The smallest absolute Gasteiger partial charge is 0.251 e. The normalized spacial score (nSPS) is 17.6. The molecule has 0 saturated carbocycles. The quantitative estimate of drug-likeness (QED) is 0.858. The molecule has 1 amide bonds. The summed E-state index contributed by atoms with van der Waals surface area (Å²) < 4.78 is 2.09. The zero-order valence-electron chi connectivity index (χ0n) is 14.3. The second-order valence-electron chi connectivity index (χ2n) is 6.39. The third-order valence-corrected chi connectivity index (χ3v) is 4.59. The van der Waals surface area contributed by atoms with Gasteiger partial charge in [0.25, 0.3) is 5.91 Å². The molecule has 128 valence electrons. The first-order valence-corrected chi connectivity index (χ1v) is 8.87. The van der Waals surface area contributed by atoms with Crippen molar-refractivity contribution in [1.82, 2.24) is 20.2 Å². The molecule has 1 aliphatic rings. The van der Waals surface area contributed by atoms with Gasteiger partial charge in [0.1, 0.15) is 5.82 Å². The van der Waals surface area contributed by atoms with Gasteiger partial charge >= 0.3 is 0 Å². The van der Waals surface area contributed by atoms with Crippen LogP contribution < -0.4 is 10.6 Å². The third-order valence-electron chi connectivity index (χ3n) is 4.59. The van der Waals surface area contributed by atoms with Gasteiger partial charge in [0.15, 0.2) is 0 Å². The molecule has 5 nitrogen and oxygen atoms in total. The molecule has 1 atom stereocenters. The van der Waals surface area contributed by atoms with E-state index in [0.29, 0.717) is 12.5 Å². The maximum absolute atomic E-state index is 12.5. The minimum Gasteiger partial charge on any atom is -0.345 e. The minimum absolute atomic E-state index is 0.0355. The van der Waals surface area contributed by atoms with Crippen molar-refractivity contribution in [2.75, 3.05) is 13.1 Å². The highest BCUT2D eigenvalue weighted by Crippen LogP contribution is 2.23. The molecule has 3 rings (SSSR count). The van der Waals surface area contributed by atoms with Gasteiger partial charge in [-0.15, -0.1) is 0 Å². The fourth-order valence-corrected chi connectivity index (χ4v) is 3.28. The second kappa shape index (κ2) is 8.11. The van der Waals surface area contributed by atoms with E-state index in [0.717, 1.165) is 37.4 Å². The first kappa shape index (κ1) is 16.7. The Morgan fingerprint density at radius 1 is 1.46 bits per heavy atom. The fourth-order valence-electron chi connectivity index (χ4n) is 3.28. The number of aryl methyl sites for hydroxylation is 1. The van der Waals surface area contributed by atoms with Crippen molar-refractivity contribution in [2.24, 2.45) is 0 Å². The Kier molecular flexibility index (Phi) is 5.64. The van der Waals surface area contributed by atoms with Gasteiger partial charge in [-0.2, -0.15) is 0 Å². The molecular weight excluding hydrogens is 300 g/mol. The summed E-state index contributed by atoms with van der Waals surface area (Å²) in [7, 11) is 0. The van der Waals surface area contributed by atoms with Crippen molar-refractivity contribution in [3.05, 3.63) is 53.6 Å². The van der Waals surface area contributed by atoms with E-state index in [-0.39, 0.29) is 5.91 Å². The number of aromatic nitrogens is 2. The Hall–Kier alpha value is -2.14. The maximum Gasteiger partial charge on any atom is 0.251 e. The van der Waals surface area contributed by atoms with Crippen LogP contribution in [0.4, 0.5) is 0 Å². The largest absolute Gasteiger partial charge is 0.345 e. The van der Waals surface area contributed by atoms with E-state index in [1.54, 1.807) is 6.20 Å². The van der Waals surface area contributed by atoms with E-state index in [4.69, 9.17) is 0 Å². The standard InChI is InChI=1S/C19H26N4O/c1-2-10-23-11-9-21-18(23)14-22-19(24)16-6-3-5-15(12-16)17-7-4-8-20-13-17/h3,5-6,9,11-12,17,20H,2,4,7-8,10,13-14H2,1H3,(H,22,24)/t17-/m1/s1. The Morgan fingerprint density at radius 2 is 2.38 bits per heavy atom. The number of piperidine rings is 1. The number of nitrogens with zero attached hydrogens (tertiary/aromatic N) is 2. The van der Waals surface area contributed by atoms with E-state index in [2.05, 4.69) is 33.2 Å². The number of hydrogen-bond acceptors (Lipinski definition) is 3. The zero-order chi connectivity index (χ0) is 16.8. The number of carbonyl (C=O) groups excluding carboxylic acids is 1. The van der Waals surface area contributed by atoms with Crippen molar-refractivity contribution in [2.45, 2.75) is 45.2 Å². The molecule has 0 spiro atoms. The summed E-state index contributed by atoms with van der Waals surface area (Å²) in [6.45, 7) is 5.62. The highest BCUT2D eigenvalue weighted by Gasteiger charge is 2.16. The molecule has 1 aromatic heterocycles. The van der Waals surface area contributed by atoms with E-state index >= 15 is 0 Å². The van der Waals surface area contributed by atoms with Crippen molar-refractivity contribution in [1.29, 1.82) is 0 Å². The van der Waals surface area contributed by atoms with Crippen molar-refractivity contribution in [3.8, 4) is 0 Å². The van der Waals surface area contributed by atoms with Gasteiger partial charge in [-0.1, -0.05) is 19.1 Å². The van der Waals surface area contributed by atoms with Crippen LogP contribution in [0.3, 0.4) is 0 Å². The second-order valence-corrected chi connectivity index (χ2v) is 6.39. The molecule has 2 heterocycles. The SMILES string of the molecule is CCCn1ccnc1CNC(=O)c1cccc([C@@H]2CCCNC2)c1. The molecule has 1 aromatic carbocycles. The summed E-state index contributed by atoms with van der Waals surface area (Å²) >= 11 is 0. The van der Waals surface area contributed by atoms with Gasteiger partial charge in [-0.3, -0.25) is 4.79 Å². The summed E-state index contributed by atoms with van der Waals surface area (Å²) in [5.74, 6) is 1.37. The number of nitrogens with one attached hydrogen (secondary N) is 2. The molecule has 2 aromatic rings. The summed E-state index contributed by atoms with van der Waals surface area (Å²) in [5.41, 5.74) is 1.98. The van der Waals surface area contributed by atoms with Crippen molar-refractivity contribution >= 4 is 5.91 Å².